The lowest BCUT2D eigenvalue weighted by molar-refractivity contribution is 0.475. The fourth-order valence-corrected chi connectivity index (χ4v) is 2.54. The Hall–Kier alpha value is -1.76. The highest BCUT2D eigenvalue weighted by Gasteiger charge is 1.93. The van der Waals surface area contributed by atoms with E-state index in [0.717, 1.165) is 0 Å². The normalized spacial score (nSPS) is 9.96. The highest BCUT2D eigenvalue weighted by atomic mass is 16.3. The molecule has 126 valence electrons. The molecule has 0 fully saturated rings. The number of para-hydroxylation sites is 1. The SMILES string of the molecule is CCCCCCCCCCc1ccccc1.Oc1ccccc1. The average molecular weight is 312 g/mol. The highest BCUT2D eigenvalue weighted by Crippen LogP contribution is 2.11. The van der Waals surface area contributed by atoms with Crippen molar-refractivity contribution in [2.24, 2.45) is 0 Å². The Balaban J connectivity index is 0.000000313. The third-order valence-electron chi connectivity index (χ3n) is 3.92. The number of aromatic hydroxyl groups is 1. The maximum absolute atomic E-state index is 8.63. The summed E-state index contributed by atoms with van der Waals surface area (Å²) in [5.41, 5.74) is 1.49. The van der Waals surface area contributed by atoms with Gasteiger partial charge in [0.15, 0.2) is 0 Å². The molecule has 0 radical (unpaired) electrons. The summed E-state index contributed by atoms with van der Waals surface area (Å²) in [6.07, 6.45) is 12.5. The van der Waals surface area contributed by atoms with Crippen molar-refractivity contribution in [3.8, 4) is 5.75 Å². The minimum absolute atomic E-state index is 0.322. The first-order chi connectivity index (χ1) is 11.3. The van der Waals surface area contributed by atoms with Gasteiger partial charge in [-0.3, -0.25) is 0 Å². The lowest BCUT2D eigenvalue weighted by Crippen LogP contribution is -1.85. The van der Waals surface area contributed by atoms with Gasteiger partial charge in [-0.1, -0.05) is 100 Å². The second-order valence-electron chi connectivity index (χ2n) is 6.05. The molecule has 2 aromatic carbocycles. The molecule has 1 heteroatoms. The topological polar surface area (TPSA) is 20.2 Å². The molecule has 2 rings (SSSR count). The molecule has 0 aliphatic heterocycles. The van der Waals surface area contributed by atoms with Crippen LogP contribution in [0.3, 0.4) is 0 Å². The highest BCUT2D eigenvalue weighted by molar-refractivity contribution is 5.18. The van der Waals surface area contributed by atoms with Gasteiger partial charge in [-0.15, -0.1) is 0 Å². The van der Waals surface area contributed by atoms with Crippen LogP contribution in [-0.4, -0.2) is 5.11 Å². The monoisotopic (exact) mass is 312 g/mol. The third-order valence-corrected chi connectivity index (χ3v) is 3.92. The Labute approximate surface area is 142 Å². The first-order valence-electron chi connectivity index (χ1n) is 9.11. The van der Waals surface area contributed by atoms with Crippen LogP contribution in [0.2, 0.25) is 0 Å². The standard InChI is InChI=1S/C16H26.C6H6O/c1-2-3-4-5-6-7-8-10-13-16-14-11-9-12-15-16;7-6-4-2-1-3-5-6/h9,11-12,14-15H,2-8,10,13H2,1H3;1-5,7H. The molecule has 0 heterocycles. The summed E-state index contributed by atoms with van der Waals surface area (Å²) >= 11 is 0. The van der Waals surface area contributed by atoms with E-state index in [-0.39, 0.29) is 0 Å². The fourth-order valence-electron chi connectivity index (χ4n) is 2.54. The summed E-state index contributed by atoms with van der Waals surface area (Å²) in [6, 6.07) is 19.6. The summed E-state index contributed by atoms with van der Waals surface area (Å²) < 4.78 is 0. The summed E-state index contributed by atoms with van der Waals surface area (Å²) in [4.78, 5) is 0. The fraction of sp³-hybridized carbons (Fsp3) is 0.455. The third kappa shape index (κ3) is 11.5. The van der Waals surface area contributed by atoms with Gasteiger partial charge in [0.25, 0.3) is 0 Å². The van der Waals surface area contributed by atoms with Gasteiger partial charge in [-0.25, -0.2) is 0 Å². The van der Waals surface area contributed by atoms with Gasteiger partial charge in [0.1, 0.15) is 5.75 Å². The van der Waals surface area contributed by atoms with Crippen LogP contribution in [0.5, 0.6) is 5.75 Å². The van der Waals surface area contributed by atoms with Crippen molar-refractivity contribution < 1.29 is 5.11 Å². The number of hydrogen-bond acceptors (Lipinski definition) is 1. The van der Waals surface area contributed by atoms with Crippen LogP contribution >= 0.6 is 0 Å². The summed E-state index contributed by atoms with van der Waals surface area (Å²) in [5, 5.41) is 8.63. The van der Waals surface area contributed by atoms with Gasteiger partial charge < -0.3 is 5.11 Å². The van der Waals surface area contributed by atoms with Crippen LogP contribution in [0.1, 0.15) is 63.9 Å². The van der Waals surface area contributed by atoms with Crippen LogP contribution in [0.4, 0.5) is 0 Å². The van der Waals surface area contributed by atoms with Gasteiger partial charge in [0.05, 0.1) is 0 Å². The zero-order chi connectivity index (χ0) is 16.6. The van der Waals surface area contributed by atoms with Crippen LogP contribution in [0.25, 0.3) is 0 Å². The maximum atomic E-state index is 8.63. The van der Waals surface area contributed by atoms with Gasteiger partial charge in [-0.05, 0) is 30.5 Å². The lowest BCUT2D eigenvalue weighted by Gasteiger charge is -2.02. The Morgan fingerprint density at radius 1 is 0.609 bits per heavy atom. The van der Waals surface area contributed by atoms with Crippen molar-refractivity contribution in [2.45, 2.75) is 64.7 Å². The van der Waals surface area contributed by atoms with E-state index in [4.69, 9.17) is 5.11 Å². The molecule has 0 bridgehead atoms. The quantitative estimate of drug-likeness (QED) is 0.507. The van der Waals surface area contributed by atoms with Crippen LogP contribution in [0.15, 0.2) is 60.7 Å². The number of aryl methyl sites for hydroxylation is 1. The van der Waals surface area contributed by atoms with Crippen molar-refractivity contribution in [3.05, 3.63) is 66.2 Å². The van der Waals surface area contributed by atoms with Crippen LogP contribution in [0, 0.1) is 0 Å². The van der Waals surface area contributed by atoms with E-state index in [1.54, 1.807) is 24.3 Å². The van der Waals surface area contributed by atoms with E-state index in [9.17, 15) is 0 Å². The Bertz CT molecular complexity index is 464. The van der Waals surface area contributed by atoms with Crippen molar-refractivity contribution >= 4 is 0 Å². The van der Waals surface area contributed by atoms with E-state index in [1.807, 2.05) is 6.07 Å². The zero-order valence-corrected chi connectivity index (χ0v) is 14.6. The van der Waals surface area contributed by atoms with Gasteiger partial charge in [-0.2, -0.15) is 0 Å². The summed E-state index contributed by atoms with van der Waals surface area (Å²) in [7, 11) is 0. The molecule has 0 amide bonds. The molecule has 0 atom stereocenters. The molecule has 0 aromatic heterocycles. The van der Waals surface area contributed by atoms with E-state index in [0.29, 0.717) is 5.75 Å². The van der Waals surface area contributed by atoms with E-state index in [1.165, 1.54) is 63.4 Å². The Morgan fingerprint density at radius 2 is 1.09 bits per heavy atom. The molecule has 0 aliphatic carbocycles. The molecule has 23 heavy (non-hydrogen) atoms. The molecule has 0 saturated carbocycles. The number of rotatable bonds is 9. The second-order valence-corrected chi connectivity index (χ2v) is 6.05. The van der Waals surface area contributed by atoms with Gasteiger partial charge in [0, 0.05) is 0 Å². The predicted octanol–water partition coefficient (Wildman–Crippen LogP) is 6.76. The van der Waals surface area contributed by atoms with Gasteiger partial charge >= 0.3 is 0 Å². The first-order valence-corrected chi connectivity index (χ1v) is 9.11. The largest absolute Gasteiger partial charge is 0.508 e. The predicted molar refractivity (Wildman–Crippen MR) is 101 cm³/mol. The summed E-state index contributed by atoms with van der Waals surface area (Å²) in [5.74, 6) is 0.322. The number of phenols is 1. The number of unbranched alkanes of at least 4 members (excludes halogenated alkanes) is 7. The number of benzene rings is 2. The molecular weight excluding hydrogens is 280 g/mol. The smallest absolute Gasteiger partial charge is 0.115 e. The lowest BCUT2D eigenvalue weighted by atomic mass is 10.0. The molecule has 0 unspecified atom stereocenters. The molecule has 1 N–H and O–H groups in total. The van der Waals surface area contributed by atoms with E-state index in [2.05, 4.69) is 37.3 Å². The zero-order valence-electron chi connectivity index (χ0n) is 14.6. The van der Waals surface area contributed by atoms with Crippen molar-refractivity contribution in [3.63, 3.8) is 0 Å². The molecule has 0 saturated heterocycles. The molecule has 2 aromatic rings. The van der Waals surface area contributed by atoms with Crippen molar-refractivity contribution in [2.75, 3.05) is 0 Å². The van der Waals surface area contributed by atoms with Crippen molar-refractivity contribution in [1.29, 1.82) is 0 Å². The van der Waals surface area contributed by atoms with E-state index >= 15 is 0 Å². The van der Waals surface area contributed by atoms with Crippen LogP contribution < -0.4 is 0 Å². The maximum Gasteiger partial charge on any atom is 0.115 e. The molecule has 0 spiro atoms. The molecular formula is C22H32O. The minimum atomic E-state index is 0.322. The van der Waals surface area contributed by atoms with Crippen LogP contribution in [-0.2, 0) is 6.42 Å². The Kier molecular flexibility index (Phi) is 11.6. The molecule has 0 aliphatic rings. The van der Waals surface area contributed by atoms with Crippen molar-refractivity contribution in [1.82, 2.24) is 0 Å². The Morgan fingerprint density at radius 3 is 1.57 bits per heavy atom. The first kappa shape index (κ1) is 19.3. The molecule has 1 nitrogen and oxygen atoms in total. The number of hydrogen-bond donors (Lipinski definition) is 1. The minimum Gasteiger partial charge on any atom is -0.508 e. The second kappa shape index (κ2) is 13.9. The van der Waals surface area contributed by atoms with Gasteiger partial charge in [0.2, 0.25) is 0 Å². The summed E-state index contributed by atoms with van der Waals surface area (Å²) in [6.45, 7) is 2.28. The van der Waals surface area contributed by atoms with E-state index < -0.39 is 0 Å². The average Bonchev–Trinajstić information content (AvgIpc) is 2.59. The number of phenolic OH excluding ortho intramolecular Hbond substituents is 1.